The Kier molecular flexibility index (Phi) is 3.10. The van der Waals surface area contributed by atoms with Gasteiger partial charge in [0, 0.05) is 4.91 Å². The largest absolute Gasteiger partial charge is 0.505 e. The lowest BCUT2D eigenvalue weighted by atomic mass is 10.1. The normalized spacial score (nSPS) is 9.20. The van der Waals surface area contributed by atoms with Crippen molar-refractivity contribution in [3.8, 4) is 5.75 Å². The van der Waals surface area contributed by atoms with Crippen LogP contribution < -0.4 is 0 Å². The number of hydrogen-bond donors (Lipinski definition) is 1. The number of hydrogen-bond acceptors (Lipinski definition) is 4. The SMILES string of the molecule is COC(=O)c1cc(O)c(F)cc1N=[N+]=[N-]. The minimum atomic E-state index is -0.981. The fourth-order valence-electron chi connectivity index (χ4n) is 0.956. The maximum absolute atomic E-state index is 12.9. The molecule has 6 nitrogen and oxygen atoms in total. The zero-order chi connectivity index (χ0) is 11.4. The Balaban J connectivity index is 3.40. The summed E-state index contributed by atoms with van der Waals surface area (Å²) in [5.74, 6) is -2.52. The molecule has 7 heteroatoms. The molecule has 0 atom stereocenters. The molecule has 1 N–H and O–H groups in total. The lowest BCUT2D eigenvalue weighted by molar-refractivity contribution is 0.0601. The number of phenols is 1. The highest BCUT2D eigenvalue weighted by Gasteiger charge is 2.14. The second-order valence-corrected chi connectivity index (χ2v) is 2.50. The Morgan fingerprint density at radius 2 is 2.33 bits per heavy atom. The molecule has 78 valence electrons. The molecule has 1 aromatic rings. The van der Waals surface area contributed by atoms with E-state index in [0.717, 1.165) is 19.2 Å². The molecule has 1 aromatic carbocycles. The zero-order valence-electron chi connectivity index (χ0n) is 7.64. The Bertz CT molecular complexity index is 455. The lowest BCUT2D eigenvalue weighted by Crippen LogP contribution is -2.01. The van der Waals surface area contributed by atoms with Gasteiger partial charge in [-0.2, -0.15) is 0 Å². The number of halogens is 1. The second kappa shape index (κ2) is 4.30. The van der Waals surface area contributed by atoms with Gasteiger partial charge in [-0.3, -0.25) is 0 Å². The van der Waals surface area contributed by atoms with Crippen molar-refractivity contribution in [2.75, 3.05) is 7.11 Å². The molecule has 0 bridgehead atoms. The van der Waals surface area contributed by atoms with Gasteiger partial charge in [0.15, 0.2) is 11.6 Å². The second-order valence-electron chi connectivity index (χ2n) is 2.50. The van der Waals surface area contributed by atoms with Crippen LogP contribution in [0.15, 0.2) is 17.2 Å². The third-order valence-corrected chi connectivity index (χ3v) is 1.62. The summed E-state index contributed by atoms with van der Waals surface area (Å²) in [6.45, 7) is 0. The number of azide groups is 1. The fraction of sp³-hybridized carbons (Fsp3) is 0.125. The number of benzene rings is 1. The Hall–Kier alpha value is -2.27. The Labute approximate surface area is 83.5 Å². The fourth-order valence-corrected chi connectivity index (χ4v) is 0.956. The molecule has 0 aliphatic carbocycles. The minimum absolute atomic E-state index is 0.200. The van der Waals surface area contributed by atoms with Crippen molar-refractivity contribution in [3.05, 3.63) is 34.0 Å². The summed E-state index contributed by atoms with van der Waals surface area (Å²) in [6, 6.07) is 1.59. The molecule has 0 spiro atoms. The van der Waals surface area contributed by atoms with Gasteiger partial charge in [-0.05, 0) is 17.7 Å². The predicted molar refractivity (Wildman–Crippen MR) is 48.2 cm³/mol. The molecule has 0 fully saturated rings. The van der Waals surface area contributed by atoms with Crippen LogP contribution in [-0.2, 0) is 4.74 Å². The number of ether oxygens (including phenoxy) is 1. The number of aromatic hydroxyl groups is 1. The van der Waals surface area contributed by atoms with Crippen LogP contribution in [0.25, 0.3) is 10.4 Å². The quantitative estimate of drug-likeness (QED) is 0.351. The van der Waals surface area contributed by atoms with Crippen molar-refractivity contribution in [1.29, 1.82) is 0 Å². The van der Waals surface area contributed by atoms with Crippen molar-refractivity contribution in [2.45, 2.75) is 0 Å². The van der Waals surface area contributed by atoms with E-state index in [9.17, 15) is 9.18 Å². The van der Waals surface area contributed by atoms with Crippen molar-refractivity contribution >= 4 is 11.7 Å². The monoisotopic (exact) mass is 211 g/mol. The summed E-state index contributed by atoms with van der Waals surface area (Å²) in [5, 5.41) is 12.1. The average Bonchev–Trinajstić information content (AvgIpc) is 2.22. The van der Waals surface area contributed by atoms with Gasteiger partial charge in [-0.1, -0.05) is 5.11 Å². The Morgan fingerprint density at radius 1 is 1.67 bits per heavy atom. The van der Waals surface area contributed by atoms with E-state index in [-0.39, 0.29) is 11.3 Å². The van der Waals surface area contributed by atoms with Crippen LogP contribution in [0, 0.1) is 5.82 Å². The standard InChI is InChI=1S/C8H6FN3O3/c1-15-8(14)4-2-7(13)5(9)3-6(4)11-12-10/h2-3,13H,1H3. The molecule has 0 aliphatic heterocycles. The summed E-state index contributed by atoms with van der Waals surface area (Å²) in [5.41, 5.74) is 7.74. The average molecular weight is 211 g/mol. The maximum atomic E-state index is 12.9. The molecular weight excluding hydrogens is 205 g/mol. The van der Waals surface area contributed by atoms with Gasteiger partial charge in [0.1, 0.15) is 0 Å². The Morgan fingerprint density at radius 3 is 2.87 bits per heavy atom. The molecule has 0 saturated carbocycles. The van der Waals surface area contributed by atoms with Gasteiger partial charge in [-0.25, -0.2) is 9.18 Å². The number of phenolic OH excluding ortho intramolecular Hbond substituents is 1. The first kappa shape index (κ1) is 10.8. The van der Waals surface area contributed by atoms with Crippen LogP contribution in [-0.4, -0.2) is 18.2 Å². The summed E-state index contributed by atoms with van der Waals surface area (Å²) in [4.78, 5) is 13.6. The van der Waals surface area contributed by atoms with E-state index >= 15 is 0 Å². The van der Waals surface area contributed by atoms with Crippen LogP contribution in [0.4, 0.5) is 10.1 Å². The molecular formula is C8H6FN3O3. The van der Waals surface area contributed by atoms with E-state index in [1.54, 1.807) is 0 Å². The van der Waals surface area contributed by atoms with Crippen LogP contribution in [0.5, 0.6) is 5.75 Å². The van der Waals surface area contributed by atoms with Gasteiger partial charge in [0.2, 0.25) is 0 Å². The van der Waals surface area contributed by atoms with Crippen molar-refractivity contribution in [1.82, 2.24) is 0 Å². The molecule has 0 amide bonds. The first-order valence-electron chi connectivity index (χ1n) is 3.76. The zero-order valence-corrected chi connectivity index (χ0v) is 7.64. The molecule has 0 aromatic heterocycles. The third-order valence-electron chi connectivity index (χ3n) is 1.62. The van der Waals surface area contributed by atoms with Crippen LogP contribution in [0.1, 0.15) is 10.4 Å². The van der Waals surface area contributed by atoms with E-state index in [1.807, 2.05) is 0 Å². The summed E-state index contributed by atoms with van der Waals surface area (Å²) < 4.78 is 17.2. The molecule has 0 aliphatic rings. The number of methoxy groups -OCH3 is 1. The number of carbonyl (C=O) groups excluding carboxylic acids is 1. The third kappa shape index (κ3) is 2.15. The van der Waals surface area contributed by atoms with Gasteiger partial charge < -0.3 is 9.84 Å². The topological polar surface area (TPSA) is 95.3 Å². The van der Waals surface area contributed by atoms with Crippen LogP contribution >= 0.6 is 0 Å². The predicted octanol–water partition coefficient (Wildman–Crippen LogP) is 2.26. The number of carbonyl (C=O) groups is 1. The van der Waals surface area contributed by atoms with Gasteiger partial charge in [0.25, 0.3) is 0 Å². The lowest BCUT2D eigenvalue weighted by Gasteiger charge is -2.04. The van der Waals surface area contributed by atoms with Crippen molar-refractivity contribution < 1.29 is 19.0 Å². The highest BCUT2D eigenvalue weighted by atomic mass is 19.1. The van der Waals surface area contributed by atoms with Crippen molar-refractivity contribution in [3.63, 3.8) is 0 Å². The number of nitrogens with zero attached hydrogens (tertiary/aromatic N) is 3. The van der Waals surface area contributed by atoms with Crippen LogP contribution in [0.2, 0.25) is 0 Å². The van der Waals surface area contributed by atoms with E-state index in [4.69, 9.17) is 10.6 Å². The molecule has 1 rings (SSSR count). The molecule has 0 radical (unpaired) electrons. The summed E-state index contributed by atoms with van der Waals surface area (Å²) in [7, 11) is 1.11. The molecule has 0 saturated heterocycles. The van der Waals surface area contributed by atoms with Crippen molar-refractivity contribution in [2.24, 2.45) is 5.11 Å². The summed E-state index contributed by atoms with van der Waals surface area (Å²) in [6.07, 6.45) is 0. The molecule has 0 unspecified atom stereocenters. The first-order valence-corrected chi connectivity index (χ1v) is 3.76. The highest BCUT2D eigenvalue weighted by molar-refractivity contribution is 5.95. The van der Waals surface area contributed by atoms with Crippen LogP contribution in [0.3, 0.4) is 0 Å². The highest BCUT2D eigenvalue weighted by Crippen LogP contribution is 2.27. The van der Waals surface area contributed by atoms with E-state index < -0.39 is 17.5 Å². The van der Waals surface area contributed by atoms with Gasteiger partial charge >= 0.3 is 5.97 Å². The van der Waals surface area contributed by atoms with E-state index in [1.165, 1.54) is 0 Å². The van der Waals surface area contributed by atoms with Gasteiger partial charge in [-0.15, -0.1) is 0 Å². The maximum Gasteiger partial charge on any atom is 0.338 e. The number of esters is 1. The smallest absolute Gasteiger partial charge is 0.338 e. The summed E-state index contributed by atoms with van der Waals surface area (Å²) >= 11 is 0. The van der Waals surface area contributed by atoms with Gasteiger partial charge in [0.05, 0.1) is 18.4 Å². The van der Waals surface area contributed by atoms with E-state index in [2.05, 4.69) is 14.8 Å². The minimum Gasteiger partial charge on any atom is -0.505 e. The van der Waals surface area contributed by atoms with E-state index in [0.29, 0.717) is 0 Å². The molecule has 0 heterocycles. The first-order chi connectivity index (χ1) is 7.10. The number of rotatable bonds is 2. The molecule has 15 heavy (non-hydrogen) atoms.